The van der Waals surface area contributed by atoms with Crippen LogP contribution in [0.3, 0.4) is 0 Å². The third kappa shape index (κ3) is 1.76. The van der Waals surface area contributed by atoms with Crippen molar-refractivity contribution < 1.29 is 4.79 Å². The molecule has 1 aliphatic carbocycles. The molecule has 0 unspecified atom stereocenters. The van der Waals surface area contributed by atoms with Crippen LogP contribution in [0.5, 0.6) is 0 Å². The first-order valence-electron chi connectivity index (χ1n) is 5.65. The summed E-state index contributed by atoms with van der Waals surface area (Å²) >= 11 is 1.45. The summed E-state index contributed by atoms with van der Waals surface area (Å²) in [6.45, 7) is 0. The van der Waals surface area contributed by atoms with Gasteiger partial charge in [0.15, 0.2) is 0 Å². The zero-order valence-corrected chi connectivity index (χ0v) is 10.4. The number of carbonyl (C=O) groups excluding carboxylic acids is 1. The minimum Gasteiger partial charge on any atom is -0.306 e. The molecule has 1 N–H and O–H groups in total. The third-order valence-corrected chi connectivity index (χ3v) is 3.91. The van der Waals surface area contributed by atoms with Gasteiger partial charge in [0.05, 0.1) is 10.6 Å². The molecule has 3 rings (SSSR count). The zero-order chi connectivity index (χ0) is 11.8. The molecular formula is C12H13N3OS. The molecular weight excluding hydrogens is 234 g/mol. The third-order valence-electron chi connectivity index (χ3n) is 3.05. The molecule has 1 amide bonds. The molecule has 0 aliphatic heterocycles. The van der Waals surface area contributed by atoms with Crippen molar-refractivity contribution in [2.45, 2.75) is 19.3 Å². The summed E-state index contributed by atoms with van der Waals surface area (Å²) in [6.07, 6.45) is 3.18. The van der Waals surface area contributed by atoms with Crippen LogP contribution >= 0.6 is 11.3 Å². The fourth-order valence-corrected chi connectivity index (χ4v) is 2.87. The van der Waals surface area contributed by atoms with Crippen molar-refractivity contribution in [3.8, 4) is 0 Å². The fourth-order valence-electron chi connectivity index (χ4n) is 2.25. The first-order valence-corrected chi connectivity index (χ1v) is 6.53. The molecule has 0 atom stereocenters. The molecule has 0 saturated heterocycles. The Labute approximate surface area is 103 Å². The van der Waals surface area contributed by atoms with Crippen LogP contribution in [-0.2, 0) is 19.9 Å². The van der Waals surface area contributed by atoms with E-state index in [2.05, 4.69) is 10.4 Å². The Morgan fingerprint density at radius 2 is 2.41 bits per heavy atom. The van der Waals surface area contributed by atoms with Crippen molar-refractivity contribution in [1.82, 2.24) is 9.78 Å². The van der Waals surface area contributed by atoms with Crippen molar-refractivity contribution in [2.75, 3.05) is 5.32 Å². The smallest absolute Gasteiger partial charge is 0.266 e. The summed E-state index contributed by atoms with van der Waals surface area (Å²) in [5.74, 6) is 0.814. The van der Waals surface area contributed by atoms with Gasteiger partial charge in [0.1, 0.15) is 5.82 Å². The lowest BCUT2D eigenvalue weighted by Crippen LogP contribution is -2.14. The summed E-state index contributed by atoms with van der Waals surface area (Å²) in [6, 6.07) is 3.71. The Hall–Kier alpha value is -1.62. The molecule has 0 spiro atoms. The predicted octanol–water partition coefficient (Wildman–Crippen LogP) is 2.22. The maximum Gasteiger partial charge on any atom is 0.266 e. The highest BCUT2D eigenvalue weighted by molar-refractivity contribution is 7.12. The normalized spacial score (nSPS) is 13.7. The minimum atomic E-state index is -0.0438. The molecule has 4 nitrogen and oxygen atoms in total. The van der Waals surface area contributed by atoms with Gasteiger partial charge in [-0.1, -0.05) is 6.07 Å². The zero-order valence-electron chi connectivity index (χ0n) is 9.56. The number of nitrogens with zero attached hydrogens (tertiary/aromatic N) is 2. The Kier molecular flexibility index (Phi) is 2.48. The number of fused-ring (bicyclic) bond motifs is 1. The van der Waals surface area contributed by atoms with Gasteiger partial charge in [0, 0.05) is 12.6 Å². The van der Waals surface area contributed by atoms with Crippen LogP contribution in [0.4, 0.5) is 5.82 Å². The number of aromatic nitrogens is 2. The van der Waals surface area contributed by atoms with E-state index in [0.717, 1.165) is 35.7 Å². The average Bonchev–Trinajstić information content (AvgIpc) is 2.98. The number of anilines is 1. The van der Waals surface area contributed by atoms with E-state index in [1.165, 1.54) is 16.9 Å². The molecule has 0 fully saturated rings. The van der Waals surface area contributed by atoms with Crippen molar-refractivity contribution in [3.05, 3.63) is 33.6 Å². The van der Waals surface area contributed by atoms with Crippen LogP contribution in [0, 0.1) is 0 Å². The lowest BCUT2D eigenvalue weighted by molar-refractivity contribution is 0.102. The second-order valence-electron chi connectivity index (χ2n) is 4.18. The van der Waals surface area contributed by atoms with Crippen LogP contribution in [0.15, 0.2) is 17.5 Å². The average molecular weight is 247 g/mol. The van der Waals surface area contributed by atoms with Crippen LogP contribution in [0.2, 0.25) is 0 Å². The molecule has 0 bridgehead atoms. The highest BCUT2D eigenvalue weighted by atomic mass is 32.1. The highest BCUT2D eigenvalue weighted by Crippen LogP contribution is 2.28. The van der Waals surface area contributed by atoms with Crippen molar-refractivity contribution in [1.29, 1.82) is 0 Å². The number of amides is 1. The van der Waals surface area contributed by atoms with Gasteiger partial charge in [-0.2, -0.15) is 5.10 Å². The quantitative estimate of drug-likeness (QED) is 0.884. The summed E-state index contributed by atoms with van der Waals surface area (Å²) in [5.41, 5.74) is 2.34. The van der Waals surface area contributed by atoms with Gasteiger partial charge in [0.25, 0.3) is 5.91 Å². The number of rotatable bonds is 2. The molecule has 88 valence electrons. The monoisotopic (exact) mass is 247 g/mol. The topological polar surface area (TPSA) is 46.9 Å². The predicted molar refractivity (Wildman–Crippen MR) is 67.5 cm³/mol. The van der Waals surface area contributed by atoms with E-state index in [0.29, 0.717) is 0 Å². The van der Waals surface area contributed by atoms with Gasteiger partial charge < -0.3 is 5.32 Å². The fraction of sp³-hybridized carbons (Fsp3) is 0.333. The molecule has 17 heavy (non-hydrogen) atoms. The molecule has 0 saturated carbocycles. The van der Waals surface area contributed by atoms with E-state index in [1.54, 1.807) is 4.68 Å². The van der Waals surface area contributed by atoms with Gasteiger partial charge in [0.2, 0.25) is 0 Å². The van der Waals surface area contributed by atoms with Gasteiger partial charge >= 0.3 is 0 Å². The SMILES string of the molecule is Cn1nc2c(c1NC(=O)c1cccs1)CCC2. The molecule has 0 aromatic carbocycles. The number of hydrogen-bond donors (Lipinski definition) is 1. The van der Waals surface area contributed by atoms with Crippen molar-refractivity contribution in [2.24, 2.45) is 7.05 Å². The van der Waals surface area contributed by atoms with E-state index in [1.807, 2.05) is 24.6 Å². The van der Waals surface area contributed by atoms with Gasteiger partial charge in [-0.05, 0) is 30.7 Å². The maximum absolute atomic E-state index is 12.0. The molecule has 2 heterocycles. The lowest BCUT2D eigenvalue weighted by Gasteiger charge is -2.06. The van der Waals surface area contributed by atoms with Gasteiger partial charge in [-0.25, -0.2) is 0 Å². The highest BCUT2D eigenvalue weighted by Gasteiger charge is 2.22. The lowest BCUT2D eigenvalue weighted by atomic mass is 10.2. The molecule has 0 radical (unpaired) electrons. The van der Waals surface area contributed by atoms with Crippen LogP contribution < -0.4 is 5.32 Å². The summed E-state index contributed by atoms with van der Waals surface area (Å²) in [7, 11) is 1.88. The second kappa shape index (κ2) is 4.00. The van der Waals surface area contributed by atoms with Crippen molar-refractivity contribution in [3.63, 3.8) is 0 Å². The first kappa shape index (κ1) is 10.5. The second-order valence-corrected chi connectivity index (χ2v) is 5.13. The van der Waals surface area contributed by atoms with E-state index in [-0.39, 0.29) is 5.91 Å². The Morgan fingerprint density at radius 3 is 3.18 bits per heavy atom. The molecule has 2 aromatic rings. The van der Waals surface area contributed by atoms with Crippen molar-refractivity contribution >= 4 is 23.1 Å². The molecule has 5 heteroatoms. The van der Waals surface area contributed by atoms with E-state index in [4.69, 9.17) is 0 Å². The van der Waals surface area contributed by atoms with Gasteiger partial charge in [-0.3, -0.25) is 9.48 Å². The standard InChI is InChI=1S/C12H13N3OS/c1-15-11(8-4-2-5-9(8)14-15)13-12(16)10-6-3-7-17-10/h3,6-7H,2,4-5H2,1H3,(H,13,16). The van der Waals surface area contributed by atoms with E-state index in [9.17, 15) is 4.79 Å². The summed E-state index contributed by atoms with van der Waals surface area (Å²) in [4.78, 5) is 12.7. The number of nitrogens with one attached hydrogen (secondary N) is 1. The summed E-state index contributed by atoms with van der Waals surface area (Å²) < 4.78 is 1.77. The van der Waals surface area contributed by atoms with Crippen LogP contribution in [-0.4, -0.2) is 15.7 Å². The largest absolute Gasteiger partial charge is 0.306 e. The van der Waals surface area contributed by atoms with Gasteiger partial charge in [-0.15, -0.1) is 11.3 Å². The maximum atomic E-state index is 12.0. The van der Waals surface area contributed by atoms with Crippen LogP contribution in [0.25, 0.3) is 0 Å². The van der Waals surface area contributed by atoms with Crippen LogP contribution in [0.1, 0.15) is 27.3 Å². The Bertz CT molecular complexity index is 557. The molecule has 2 aromatic heterocycles. The Morgan fingerprint density at radius 1 is 1.53 bits per heavy atom. The molecule has 1 aliphatic rings. The minimum absolute atomic E-state index is 0.0438. The number of hydrogen-bond acceptors (Lipinski definition) is 3. The Balaban J connectivity index is 1.88. The number of aryl methyl sites for hydroxylation is 2. The number of thiophene rings is 1. The van der Waals surface area contributed by atoms with E-state index < -0.39 is 0 Å². The van der Waals surface area contributed by atoms with E-state index >= 15 is 0 Å². The number of carbonyl (C=O) groups is 1. The first-order chi connectivity index (χ1) is 8.25. The summed E-state index contributed by atoms with van der Waals surface area (Å²) in [5, 5.41) is 9.30.